The highest BCUT2D eigenvalue weighted by molar-refractivity contribution is 5.80. The molecular weight excluding hydrogens is 248 g/mol. The number of carboxylic acids is 1. The molecule has 0 radical (unpaired) electrons. The second kappa shape index (κ2) is 11.5. The predicted molar refractivity (Wildman–Crippen MR) is 86.8 cm³/mol. The Labute approximate surface area is 124 Å². The van der Waals surface area contributed by atoms with Crippen LogP contribution in [0.2, 0.25) is 0 Å². The highest BCUT2D eigenvalue weighted by atomic mass is 16.4. The molecule has 0 aliphatic carbocycles. The van der Waals surface area contributed by atoms with Crippen molar-refractivity contribution in [1.29, 1.82) is 0 Å². The van der Waals surface area contributed by atoms with Crippen molar-refractivity contribution in [3.63, 3.8) is 0 Å². The Kier molecular flexibility index (Phi) is 10.8. The van der Waals surface area contributed by atoms with Gasteiger partial charge in [0.2, 0.25) is 0 Å². The first-order chi connectivity index (χ1) is 9.57. The zero-order chi connectivity index (χ0) is 15.4. The summed E-state index contributed by atoms with van der Waals surface area (Å²) in [6.07, 6.45) is 15.2. The SMILES string of the molecule is CC/C=C/C(CC)CC(/C=C(\C=C\C(=O)O)CC)CC. The van der Waals surface area contributed by atoms with Crippen LogP contribution in [0.15, 0.2) is 36.0 Å². The first-order valence-corrected chi connectivity index (χ1v) is 7.85. The normalized spacial score (nSPS) is 15.9. The lowest BCUT2D eigenvalue weighted by molar-refractivity contribution is -0.131. The molecule has 0 saturated carbocycles. The minimum absolute atomic E-state index is 0.523. The Balaban J connectivity index is 4.78. The van der Waals surface area contributed by atoms with Crippen molar-refractivity contribution >= 4 is 5.97 Å². The van der Waals surface area contributed by atoms with Crippen LogP contribution in [0, 0.1) is 11.8 Å². The molecule has 114 valence electrons. The molecule has 0 aromatic carbocycles. The molecule has 0 amide bonds. The third-order valence-corrected chi connectivity index (χ3v) is 3.60. The highest BCUT2D eigenvalue weighted by Crippen LogP contribution is 2.23. The monoisotopic (exact) mass is 278 g/mol. The molecular formula is C18H30O2. The number of aliphatic carboxylic acids is 1. The molecule has 20 heavy (non-hydrogen) atoms. The minimum Gasteiger partial charge on any atom is -0.478 e. The molecule has 0 rings (SSSR count). The number of carboxylic acid groups (broad SMARTS) is 1. The molecule has 0 aromatic heterocycles. The van der Waals surface area contributed by atoms with E-state index in [0.717, 1.165) is 37.7 Å². The van der Waals surface area contributed by atoms with Crippen LogP contribution in [0.1, 0.15) is 59.8 Å². The first kappa shape index (κ1) is 18.7. The molecule has 0 bridgehead atoms. The summed E-state index contributed by atoms with van der Waals surface area (Å²) in [4.78, 5) is 10.6. The molecule has 0 heterocycles. The summed E-state index contributed by atoms with van der Waals surface area (Å²) in [5.41, 5.74) is 1.12. The van der Waals surface area contributed by atoms with Crippen molar-refractivity contribution in [2.24, 2.45) is 11.8 Å². The Morgan fingerprint density at radius 2 is 1.70 bits per heavy atom. The largest absolute Gasteiger partial charge is 0.478 e. The van der Waals surface area contributed by atoms with Crippen LogP contribution in [-0.2, 0) is 4.79 Å². The van der Waals surface area contributed by atoms with Crippen molar-refractivity contribution in [2.75, 3.05) is 0 Å². The highest BCUT2D eigenvalue weighted by Gasteiger charge is 2.10. The standard InChI is InChI=1S/C18H30O2/c1-5-9-10-15(6-2)13-17(8-4)14-16(7-3)11-12-18(19)20/h9-12,14-15,17H,5-8,13H2,1-4H3,(H,19,20)/b10-9+,12-11+,16-14-. The van der Waals surface area contributed by atoms with Crippen LogP contribution < -0.4 is 0 Å². The molecule has 0 aliphatic rings. The Morgan fingerprint density at radius 3 is 2.15 bits per heavy atom. The number of allylic oxidation sites excluding steroid dienone is 5. The molecule has 0 spiro atoms. The van der Waals surface area contributed by atoms with Gasteiger partial charge in [-0.05, 0) is 43.9 Å². The lowest BCUT2D eigenvalue weighted by Gasteiger charge is -2.17. The molecule has 0 fully saturated rings. The topological polar surface area (TPSA) is 37.3 Å². The third kappa shape index (κ3) is 8.73. The van der Waals surface area contributed by atoms with Crippen molar-refractivity contribution in [2.45, 2.75) is 59.8 Å². The maximum absolute atomic E-state index is 10.6. The maximum atomic E-state index is 10.6. The van der Waals surface area contributed by atoms with Crippen LogP contribution in [0.4, 0.5) is 0 Å². The number of rotatable bonds is 10. The van der Waals surface area contributed by atoms with E-state index in [1.165, 1.54) is 6.08 Å². The van der Waals surface area contributed by atoms with Gasteiger partial charge >= 0.3 is 5.97 Å². The fourth-order valence-electron chi connectivity index (χ4n) is 2.22. The van der Waals surface area contributed by atoms with Crippen molar-refractivity contribution in [1.82, 2.24) is 0 Å². The van der Waals surface area contributed by atoms with E-state index in [1.807, 2.05) is 0 Å². The van der Waals surface area contributed by atoms with Crippen molar-refractivity contribution in [3.8, 4) is 0 Å². The number of hydrogen-bond donors (Lipinski definition) is 1. The molecule has 2 heteroatoms. The van der Waals surface area contributed by atoms with Gasteiger partial charge in [-0.25, -0.2) is 4.79 Å². The van der Waals surface area contributed by atoms with Crippen LogP contribution in [0.3, 0.4) is 0 Å². The summed E-state index contributed by atoms with van der Waals surface area (Å²) in [5, 5.41) is 8.71. The fraction of sp³-hybridized carbons (Fsp3) is 0.611. The van der Waals surface area contributed by atoms with Gasteiger partial charge < -0.3 is 5.11 Å². The van der Waals surface area contributed by atoms with Gasteiger partial charge in [0.15, 0.2) is 0 Å². The Bertz CT molecular complexity index is 350. The third-order valence-electron chi connectivity index (χ3n) is 3.60. The molecule has 1 N–H and O–H groups in total. The first-order valence-electron chi connectivity index (χ1n) is 7.85. The molecule has 2 nitrogen and oxygen atoms in total. The van der Waals surface area contributed by atoms with E-state index in [4.69, 9.17) is 5.11 Å². The number of hydrogen-bond acceptors (Lipinski definition) is 1. The van der Waals surface area contributed by atoms with Gasteiger partial charge in [-0.2, -0.15) is 0 Å². The zero-order valence-electron chi connectivity index (χ0n) is 13.4. The van der Waals surface area contributed by atoms with E-state index in [0.29, 0.717) is 11.8 Å². The van der Waals surface area contributed by atoms with Crippen molar-refractivity contribution in [3.05, 3.63) is 36.0 Å². The summed E-state index contributed by atoms with van der Waals surface area (Å²) in [6, 6.07) is 0. The predicted octanol–water partition coefficient (Wildman–Crippen LogP) is 5.37. The second-order valence-electron chi connectivity index (χ2n) is 5.18. The van der Waals surface area contributed by atoms with E-state index < -0.39 is 5.97 Å². The van der Waals surface area contributed by atoms with E-state index >= 15 is 0 Å². The quantitative estimate of drug-likeness (QED) is 0.331. The van der Waals surface area contributed by atoms with Gasteiger partial charge in [-0.1, -0.05) is 57.6 Å². The molecule has 0 aromatic rings. The van der Waals surface area contributed by atoms with Crippen LogP contribution in [0.5, 0.6) is 0 Å². The van der Waals surface area contributed by atoms with E-state index in [9.17, 15) is 4.79 Å². The van der Waals surface area contributed by atoms with Crippen molar-refractivity contribution < 1.29 is 9.90 Å². The lowest BCUT2D eigenvalue weighted by atomic mass is 9.88. The van der Waals surface area contributed by atoms with Gasteiger partial charge in [0.05, 0.1) is 0 Å². The summed E-state index contributed by atoms with van der Waals surface area (Å²) in [7, 11) is 0. The molecule has 0 aliphatic heterocycles. The average molecular weight is 278 g/mol. The second-order valence-corrected chi connectivity index (χ2v) is 5.18. The van der Waals surface area contributed by atoms with E-state index in [-0.39, 0.29) is 0 Å². The van der Waals surface area contributed by atoms with E-state index in [1.54, 1.807) is 6.08 Å². The van der Waals surface area contributed by atoms with Gasteiger partial charge in [0.1, 0.15) is 0 Å². The maximum Gasteiger partial charge on any atom is 0.328 e. The smallest absolute Gasteiger partial charge is 0.328 e. The summed E-state index contributed by atoms with van der Waals surface area (Å²) in [6.45, 7) is 8.66. The fourth-order valence-corrected chi connectivity index (χ4v) is 2.22. The van der Waals surface area contributed by atoms with Gasteiger partial charge in [0.25, 0.3) is 0 Å². The van der Waals surface area contributed by atoms with Crippen LogP contribution in [-0.4, -0.2) is 11.1 Å². The lowest BCUT2D eigenvalue weighted by Crippen LogP contribution is -2.04. The Morgan fingerprint density at radius 1 is 1.05 bits per heavy atom. The summed E-state index contributed by atoms with van der Waals surface area (Å²) >= 11 is 0. The zero-order valence-corrected chi connectivity index (χ0v) is 13.4. The van der Waals surface area contributed by atoms with Crippen LogP contribution >= 0.6 is 0 Å². The average Bonchev–Trinajstić information content (AvgIpc) is 2.45. The van der Waals surface area contributed by atoms with Gasteiger partial charge in [0, 0.05) is 6.08 Å². The van der Waals surface area contributed by atoms with E-state index in [2.05, 4.69) is 45.9 Å². The van der Waals surface area contributed by atoms with Gasteiger partial charge in [-0.3, -0.25) is 0 Å². The summed E-state index contributed by atoms with van der Waals surface area (Å²) < 4.78 is 0. The minimum atomic E-state index is -0.880. The molecule has 2 atom stereocenters. The molecule has 2 unspecified atom stereocenters. The van der Waals surface area contributed by atoms with Gasteiger partial charge in [-0.15, -0.1) is 0 Å². The van der Waals surface area contributed by atoms with Crippen LogP contribution in [0.25, 0.3) is 0 Å². The molecule has 0 saturated heterocycles. The number of carbonyl (C=O) groups is 1. The Hall–Kier alpha value is -1.31. The summed E-state index contributed by atoms with van der Waals surface area (Å²) in [5.74, 6) is 0.266.